The molecule has 1 aliphatic heterocycles. The fourth-order valence-corrected chi connectivity index (χ4v) is 4.69. The van der Waals surface area contributed by atoms with Crippen LogP contribution in [0.15, 0.2) is 24.4 Å². The van der Waals surface area contributed by atoms with Gasteiger partial charge < -0.3 is 20.1 Å². The van der Waals surface area contributed by atoms with Crippen molar-refractivity contribution in [2.75, 3.05) is 24.6 Å². The summed E-state index contributed by atoms with van der Waals surface area (Å²) in [5.41, 5.74) is 2.16. The van der Waals surface area contributed by atoms with Crippen molar-refractivity contribution in [3.8, 4) is 12.1 Å². The summed E-state index contributed by atoms with van der Waals surface area (Å²) < 4.78 is 5.80. The topological polar surface area (TPSA) is 137 Å². The van der Waals surface area contributed by atoms with Crippen molar-refractivity contribution in [1.29, 1.82) is 5.26 Å². The first-order valence-corrected chi connectivity index (χ1v) is 12.9. The number of allylic oxidation sites excluding steroid dienone is 2. The van der Waals surface area contributed by atoms with Gasteiger partial charge in [0.2, 0.25) is 11.8 Å². The lowest BCUT2D eigenvalue weighted by Crippen LogP contribution is -2.47. The molecule has 0 bridgehead atoms. The van der Waals surface area contributed by atoms with Crippen molar-refractivity contribution in [3.05, 3.63) is 41.5 Å². The molecule has 0 radical (unpaired) electrons. The van der Waals surface area contributed by atoms with Gasteiger partial charge in [0.05, 0.1) is 28.8 Å². The summed E-state index contributed by atoms with van der Waals surface area (Å²) in [5.74, 6) is 0.229. The normalized spacial score (nSPS) is 19.4. The zero-order chi connectivity index (χ0) is 26.2. The summed E-state index contributed by atoms with van der Waals surface area (Å²) in [6, 6.07) is 5.95. The van der Waals surface area contributed by atoms with E-state index in [1.165, 1.54) is 11.1 Å². The Balaban J connectivity index is 1.32. The van der Waals surface area contributed by atoms with E-state index in [0.29, 0.717) is 11.9 Å². The largest absolute Gasteiger partial charge is 0.462 e. The first kappa shape index (κ1) is 25.1. The highest BCUT2D eigenvalue weighted by atomic mass is 16.5. The van der Waals surface area contributed by atoms with Crippen molar-refractivity contribution in [2.24, 2.45) is 11.3 Å². The Morgan fingerprint density at radius 3 is 2.76 bits per heavy atom. The van der Waals surface area contributed by atoms with Crippen molar-refractivity contribution >= 4 is 17.4 Å². The molecule has 5 rings (SSSR count). The molecule has 0 spiro atoms. The van der Waals surface area contributed by atoms with Crippen molar-refractivity contribution in [2.45, 2.75) is 64.5 Å². The second-order valence-corrected chi connectivity index (χ2v) is 10.9. The van der Waals surface area contributed by atoms with Gasteiger partial charge in [-0.05, 0) is 69.6 Å². The van der Waals surface area contributed by atoms with Gasteiger partial charge in [-0.1, -0.05) is 12.1 Å². The number of pyridine rings is 1. The summed E-state index contributed by atoms with van der Waals surface area (Å²) in [6.07, 6.45) is 8.43. The van der Waals surface area contributed by atoms with Crippen molar-refractivity contribution < 1.29 is 14.6 Å². The van der Waals surface area contributed by atoms with E-state index in [9.17, 15) is 15.2 Å². The molecule has 0 aromatic carbocycles. The molecule has 1 saturated carbocycles. The number of nitriles is 1. The predicted molar refractivity (Wildman–Crippen MR) is 137 cm³/mol. The van der Waals surface area contributed by atoms with E-state index in [1.807, 2.05) is 12.3 Å². The molecule has 1 unspecified atom stereocenters. The van der Waals surface area contributed by atoms with Crippen LogP contribution in [-0.4, -0.2) is 62.3 Å². The molecule has 10 nitrogen and oxygen atoms in total. The highest BCUT2D eigenvalue weighted by Crippen LogP contribution is 2.45. The van der Waals surface area contributed by atoms with Crippen LogP contribution < -0.4 is 15.0 Å². The minimum absolute atomic E-state index is 0.0354. The Morgan fingerprint density at radius 2 is 2.08 bits per heavy atom. The fraction of sp³-hybridized carbons (Fsp3) is 0.556. The molecular formula is C27H33N7O3. The molecule has 2 aromatic heterocycles. The number of hydrogen-bond acceptors (Lipinski definition) is 9. The minimum Gasteiger partial charge on any atom is -0.462 e. The van der Waals surface area contributed by atoms with E-state index >= 15 is 0 Å². The van der Waals surface area contributed by atoms with E-state index in [2.05, 4.69) is 48.4 Å². The summed E-state index contributed by atoms with van der Waals surface area (Å²) in [4.78, 5) is 32.8. The van der Waals surface area contributed by atoms with Crippen LogP contribution in [0.5, 0.6) is 6.01 Å². The number of amides is 1. The standard InChI is InChI=1S/C27H33N7O3/c1-17(26(2,3)36)30-23(35)22-31-24(33-25(32-22)37-16-27(15-28)10-11-27)34-13-8-18(9-14-34)19-6-7-21-20(19)5-4-12-29-21/h4-6,12,17-18,36H,7-11,13-14,16H2,1-3H3,(H,30,35). The molecule has 1 atom stereocenters. The highest BCUT2D eigenvalue weighted by molar-refractivity contribution is 5.91. The van der Waals surface area contributed by atoms with E-state index in [-0.39, 0.29) is 18.4 Å². The van der Waals surface area contributed by atoms with E-state index in [4.69, 9.17) is 4.74 Å². The minimum atomic E-state index is -1.11. The number of hydrogen-bond donors (Lipinski definition) is 2. The van der Waals surface area contributed by atoms with Crippen LogP contribution in [-0.2, 0) is 6.42 Å². The number of carbonyl (C=O) groups is 1. The van der Waals surface area contributed by atoms with Gasteiger partial charge in [-0.15, -0.1) is 0 Å². The Hall–Kier alpha value is -3.58. The van der Waals surface area contributed by atoms with E-state index in [0.717, 1.165) is 50.9 Å². The lowest BCUT2D eigenvalue weighted by Gasteiger charge is -2.33. The zero-order valence-corrected chi connectivity index (χ0v) is 21.6. The number of piperidine rings is 1. The maximum atomic E-state index is 13.0. The van der Waals surface area contributed by atoms with Gasteiger partial charge in [-0.25, -0.2) is 0 Å². The number of carbonyl (C=O) groups excluding carboxylic acids is 1. The lowest BCUT2D eigenvalue weighted by atomic mass is 9.87. The molecule has 3 heterocycles. The summed E-state index contributed by atoms with van der Waals surface area (Å²) in [6.45, 7) is 6.60. The maximum Gasteiger partial charge on any atom is 0.322 e. The summed E-state index contributed by atoms with van der Waals surface area (Å²) in [7, 11) is 0. The van der Waals surface area contributed by atoms with Gasteiger partial charge in [0.15, 0.2) is 0 Å². The fourth-order valence-electron chi connectivity index (χ4n) is 4.69. The molecule has 1 amide bonds. The molecule has 194 valence electrons. The van der Waals surface area contributed by atoms with Crippen molar-refractivity contribution in [1.82, 2.24) is 25.3 Å². The summed E-state index contributed by atoms with van der Waals surface area (Å²) in [5, 5.41) is 22.4. The van der Waals surface area contributed by atoms with Gasteiger partial charge >= 0.3 is 6.01 Å². The average molecular weight is 504 g/mol. The molecule has 1 saturated heterocycles. The zero-order valence-electron chi connectivity index (χ0n) is 21.6. The molecule has 2 aliphatic carbocycles. The monoisotopic (exact) mass is 503 g/mol. The number of nitrogens with zero attached hydrogens (tertiary/aromatic N) is 6. The molecular weight excluding hydrogens is 470 g/mol. The third-order valence-corrected chi connectivity index (χ3v) is 7.72. The number of nitrogens with one attached hydrogen (secondary N) is 1. The summed E-state index contributed by atoms with van der Waals surface area (Å²) >= 11 is 0. The Labute approximate surface area is 216 Å². The Morgan fingerprint density at radius 1 is 1.32 bits per heavy atom. The van der Waals surface area contributed by atoms with Crippen LogP contribution in [0.4, 0.5) is 5.95 Å². The quantitative estimate of drug-likeness (QED) is 0.557. The van der Waals surface area contributed by atoms with Crippen molar-refractivity contribution in [3.63, 3.8) is 0 Å². The smallest absolute Gasteiger partial charge is 0.322 e. The molecule has 10 heteroatoms. The SMILES string of the molecule is CC(NC(=O)c1nc(OCC2(C#N)CC2)nc(N2CCC(C3=CCc4ncccc43)CC2)n1)C(C)(C)O. The highest BCUT2D eigenvalue weighted by Gasteiger charge is 2.44. The van der Waals surface area contributed by atoms with Crippen LogP contribution in [0.2, 0.25) is 0 Å². The molecule has 2 fully saturated rings. The number of rotatable bonds is 8. The van der Waals surface area contributed by atoms with Crippen LogP contribution in [0.1, 0.15) is 68.3 Å². The van der Waals surface area contributed by atoms with Crippen LogP contribution in [0.25, 0.3) is 5.57 Å². The Kier molecular flexibility index (Phi) is 6.58. The Bertz CT molecular complexity index is 1250. The number of fused-ring (bicyclic) bond motifs is 1. The molecule has 37 heavy (non-hydrogen) atoms. The molecule has 3 aliphatic rings. The average Bonchev–Trinajstić information content (AvgIpc) is 3.56. The number of ether oxygens (including phenoxy) is 1. The van der Waals surface area contributed by atoms with E-state index in [1.54, 1.807) is 20.8 Å². The first-order chi connectivity index (χ1) is 17.7. The first-order valence-electron chi connectivity index (χ1n) is 12.9. The van der Waals surface area contributed by atoms with Crippen LogP contribution in [0.3, 0.4) is 0 Å². The molecule has 2 aromatic rings. The van der Waals surface area contributed by atoms with Gasteiger partial charge in [0.1, 0.15) is 6.61 Å². The number of aromatic nitrogens is 4. The maximum absolute atomic E-state index is 13.0. The third-order valence-electron chi connectivity index (χ3n) is 7.72. The second-order valence-electron chi connectivity index (χ2n) is 10.9. The molecule has 2 N–H and O–H groups in total. The predicted octanol–water partition coefficient (Wildman–Crippen LogP) is 2.69. The third kappa shape index (κ3) is 5.42. The lowest BCUT2D eigenvalue weighted by molar-refractivity contribution is 0.0405. The van der Waals surface area contributed by atoms with Gasteiger partial charge in [-0.2, -0.15) is 20.2 Å². The van der Waals surface area contributed by atoms with Gasteiger partial charge in [-0.3, -0.25) is 9.78 Å². The number of aliphatic hydroxyl groups is 1. The van der Waals surface area contributed by atoms with E-state index < -0.39 is 23.0 Å². The van der Waals surface area contributed by atoms with Crippen LogP contribution in [0, 0.1) is 22.7 Å². The number of anilines is 1. The second kappa shape index (κ2) is 9.71. The van der Waals surface area contributed by atoms with Gasteiger partial charge in [0.25, 0.3) is 5.91 Å². The van der Waals surface area contributed by atoms with Gasteiger partial charge in [0, 0.05) is 25.7 Å². The van der Waals surface area contributed by atoms with Crippen LogP contribution >= 0.6 is 0 Å².